The molecule has 1 aliphatic carbocycles. The number of hydrogen-bond donors (Lipinski definition) is 0. The minimum atomic E-state index is -2.81. The molecule has 1 aliphatic rings. The molecule has 0 aromatic rings. The first-order chi connectivity index (χ1) is 7.29. The molecule has 96 valence electrons. The van der Waals surface area contributed by atoms with Crippen LogP contribution in [0.4, 0.5) is 0 Å². The monoisotopic (exact) mass is 310 g/mol. The van der Waals surface area contributed by atoms with Crippen molar-refractivity contribution in [1.82, 2.24) is 0 Å². The van der Waals surface area contributed by atoms with E-state index >= 15 is 0 Å². The summed E-state index contributed by atoms with van der Waals surface area (Å²) in [6, 6.07) is 0. The summed E-state index contributed by atoms with van der Waals surface area (Å²) in [7, 11) is -2.81. The maximum atomic E-state index is 11.2. The van der Waals surface area contributed by atoms with E-state index in [1.807, 2.05) is 0 Å². The lowest BCUT2D eigenvalue weighted by molar-refractivity contribution is 0.220. The van der Waals surface area contributed by atoms with Crippen LogP contribution >= 0.6 is 15.9 Å². The zero-order valence-corrected chi connectivity index (χ0v) is 12.9. The predicted molar refractivity (Wildman–Crippen MR) is 72.7 cm³/mol. The molecule has 0 spiro atoms. The zero-order chi connectivity index (χ0) is 12.3. The molecule has 0 saturated heterocycles. The molecule has 0 aromatic heterocycles. The number of halogens is 1. The molecule has 1 rings (SSSR count). The summed E-state index contributed by atoms with van der Waals surface area (Å²) >= 11 is 3.70. The number of alkyl halides is 1. The van der Waals surface area contributed by atoms with Gasteiger partial charge in [0.25, 0.3) is 0 Å². The van der Waals surface area contributed by atoms with E-state index in [1.165, 1.54) is 25.5 Å². The third-order valence-electron chi connectivity index (χ3n) is 3.73. The molecule has 0 bridgehead atoms. The molecule has 2 nitrogen and oxygen atoms in total. The highest BCUT2D eigenvalue weighted by molar-refractivity contribution is 9.09. The highest BCUT2D eigenvalue weighted by Crippen LogP contribution is 2.38. The Morgan fingerprint density at radius 3 is 2.44 bits per heavy atom. The molecule has 0 amide bonds. The van der Waals surface area contributed by atoms with E-state index in [0.29, 0.717) is 16.5 Å². The Morgan fingerprint density at radius 1 is 1.31 bits per heavy atom. The molecule has 0 aliphatic heterocycles. The first-order valence-corrected chi connectivity index (χ1v) is 9.09. The Labute approximate surface area is 108 Å². The Kier molecular flexibility index (Phi) is 5.30. The lowest BCUT2D eigenvalue weighted by atomic mass is 9.75. The van der Waals surface area contributed by atoms with Crippen molar-refractivity contribution in [2.45, 2.75) is 44.4 Å². The Bertz CT molecular complexity index is 311. The number of rotatable bonds is 4. The molecular weight excluding hydrogens is 288 g/mol. The summed E-state index contributed by atoms with van der Waals surface area (Å²) in [5.41, 5.74) is 0. The van der Waals surface area contributed by atoms with Gasteiger partial charge in [-0.3, -0.25) is 0 Å². The molecule has 3 atom stereocenters. The number of hydrogen-bond acceptors (Lipinski definition) is 2. The van der Waals surface area contributed by atoms with Gasteiger partial charge in [-0.2, -0.15) is 0 Å². The van der Waals surface area contributed by atoms with E-state index in [2.05, 4.69) is 29.8 Å². The quantitative estimate of drug-likeness (QED) is 0.747. The first-order valence-electron chi connectivity index (χ1n) is 6.11. The number of sulfone groups is 1. The summed E-state index contributed by atoms with van der Waals surface area (Å²) in [6.07, 6.45) is 5.81. The van der Waals surface area contributed by atoms with Crippen molar-refractivity contribution >= 4 is 25.8 Å². The van der Waals surface area contributed by atoms with Crippen LogP contribution in [0.15, 0.2) is 0 Å². The molecule has 0 N–H and O–H groups in total. The molecule has 1 fully saturated rings. The average Bonchev–Trinajstić information content (AvgIpc) is 2.14. The Hall–Kier alpha value is 0.430. The van der Waals surface area contributed by atoms with E-state index in [4.69, 9.17) is 0 Å². The van der Waals surface area contributed by atoms with Gasteiger partial charge in [-0.05, 0) is 43.4 Å². The van der Waals surface area contributed by atoms with E-state index in [-0.39, 0.29) is 0 Å². The first kappa shape index (κ1) is 14.5. The van der Waals surface area contributed by atoms with Crippen molar-refractivity contribution in [2.75, 3.05) is 12.0 Å². The van der Waals surface area contributed by atoms with Gasteiger partial charge in [-0.1, -0.05) is 29.8 Å². The molecule has 16 heavy (non-hydrogen) atoms. The van der Waals surface area contributed by atoms with E-state index < -0.39 is 9.84 Å². The van der Waals surface area contributed by atoms with Crippen molar-refractivity contribution in [1.29, 1.82) is 0 Å². The van der Waals surface area contributed by atoms with Crippen LogP contribution in [-0.4, -0.2) is 25.3 Å². The minimum Gasteiger partial charge on any atom is -0.229 e. The molecule has 0 aromatic carbocycles. The second-order valence-electron chi connectivity index (χ2n) is 5.51. The van der Waals surface area contributed by atoms with Crippen LogP contribution in [0.3, 0.4) is 0 Å². The van der Waals surface area contributed by atoms with Gasteiger partial charge in [-0.25, -0.2) is 8.42 Å². The lowest BCUT2D eigenvalue weighted by Gasteiger charge is -2.35. The van der Waals surface area contributed by atoms with Gasteiger partial charge in [0.1, 0.15) is 9.84 Å². The van der Waals surface area contributed by atoms with Crippen LogP contribution in [0, 0.1) is 17.8 Å². The lowest BCUT2D eigenvalue weighted by Crippen LogP contribution is -2.29. The fourth-order valence-corrected chi connectivity index (χ4v) is 4.01. The standard InChI is InChI=1S/C12H23BrO2S/c1-9(2)10-4-5-12(13)11(8-10)6-7-16(3,14)15/h9-12H,4-8H2,1-3H3. The van der Waals surface area contributed by atoms with Crippen molar-refractivity contribution in [3.05, 3.63) is 0 Å². The van der Waals surface area contributed by atoms with E-state index in [1.54, 1.807) is 0 Å². The maximum Gasteiger partial charge on any atom is 0.147 e. The van der Waals surface area contributed by atoms with Crippen LogP contribution in [0.2, 0.25) is 0 Å². The third-order valence-corrected chi connectivity index (χ3v) is 5.92. The molecule has 3 unspecified atom stereocenters. The average molecular weight is 311 g/mol. The van der Waals surface area contributed by atoms with Gasteiger partial charge in [-0.15, -0.1) is 0 Å². The second-order valence-corrected chi connectivity index (χ2v) is 8.95. The summed E-state index contributed by atoms with van der Waals surface area (Å²) in [5, 5.41) is 0. The van der Waals surface area contributed by atoms with Crippen LogP contribution in [0.25, 0.3) is 0 Å². The third kappa shape index (κ3) is 4.74. The molecular formula is C12H23BrO2S. The summed E-state index contributed by atoms with van der Waals surface area (Å²) in [5.74, 6) is 2.37. The summed E-state index contributed by atoms with van der Waals surface area (Å²) < 4.78 is 22.4. The zero-order valence-electron chi connectivity index (χ0n) is 10.4. The van der Waals surface area contributed by atoms with Crippen molar-refractivity contribution in [3.63, 3.8) is 0 Å². The molecule has 0 radical (unpaired) electrons. The van der Waals surface area contributed by atoms with Crippen LogP contribution in [-0.2, 0) is 9.84 Å². The molecule has 0 heterocycles. The largest absolute Gasteiger partial charge is 0.229 e. The van der Waals surface area contributed by atoms with Crippen molar-refractivity contribution < 1.29 is 8.42 Å². The highest BCUT2D eigenvalue weighted by atomic mass is 79.9. The SMILES string of the molecule is CC(C)C1CCC(Br)C(CCS(C)(=O)=O)C1. The van der Waals surface area contributed by atoms with E-state index in [9.17, 15) is 8.42 Å². The Balaban J connectivity index is 2.50. The summed E-state index contributed by atoms with van der Waals surface area (Å²) in [6.45, 7) is 4.54. The van der Waals surface area contributed by atoms with Gasteiger partial charge in [0.15, 0.2) is 0 Å². The fraction of sp³-hybridized carbons (Fsp3) is 1.00. The van der Waals surface area contributed by atoms with Crippen molar-refractivity contribution in [2.24, 2.45) is 17.8 Å². The van der Waals surface area contributed by atoms with E-state index in [0.717, 1.165) is 18.3 Å². The molecule has 1 saturated carbocycles. The smallest absolute Gasteiger partial charge is 0.147 e. The summed E-state index contributed by atoms with van der Waals surface area (Å²) in [4.78, 5) is 0.518. The van der Waals surface area contributed by atoms with Gasteiger partial charge >= 0.3 is 0 Å². The van der Waals surface area contributed by atoms with Gasteiger partial charge in [0.2, 0.25) is 0 Å². The van der Waals surface area contributed by atoms with Crippen LogP contribution < -0.4 is 0 Å². The normalized spacial score (nSPS) is 31.9. The minimum absolute atomic E-state index is 0.338. The van der Waals surface area contributed by atoms with Crippen LogP contribution in [0.5, 0.6) is 0 Å². The van der Waals surface area contributed by atoms with Crippen LogP contribution in [0.1, 0.15) is 39.5 Å². The highest BCUT2D eigenvalue weighted by Gasteiger charge is 2.30. The molecule has 4 heteroatoms. The Morgan fingerprint density at radius 2 is 1.94 bits per heavy atom. The van der Waals surface area contributed by atoms with Gasteiger partial charge in [0.05, 0.1) is 5.75 Å². The predicted octanol–water partition coefficient (Wildman–Crippen LogP) is 3.26. The topological polar surface area (TPSA) is 34.1 Å². The van der Waals surface area contributed by atoms with Gasteiger partial charge in [0, 0.05) is 11.1 Å². The second kappa shape index (κ2) is 5.85. The van der Waals surface area contributed by atoms with Crippen molar-refractivity contribution in [3.8, 4) is 0 Å². The maximum absolute atomic E-state index is 11.2. The fourth-order valence-electron chi connectivity index (χ4n) is 2.53. The van der Waals surface area contributed by atoms with Gasteiger partial charge < -0.3 is 0 Å².